The van der Waals surface area contributed by atoms with Crippen LogP contribution >= 0.6 is 22.6 Å². The van der Waals surface area contributed by atoms with E-state index < -0.39 is 0 Å². The van der Waals surface area contributed by atoms with E-state index in [4.69, 9.17) is 0 Å². The second-order valence-electron chi connectivity index (χ2n) is 3.98. The van der Waals surface area contributed by atoms with Gasteiger partial charge in [-0.15, -0.1) is 0 Å². The molecular formula is C9H14INO. The number of carbonyl (C=O) groups excluding carboxylic acids is 1. The maximum Gasteiger partial charge on any atom is 0.226 e. The quantitative estimate of drug-likeness (QED) is 0.532. The van der Waals surface area contributed by atoms with E-state index in [1.54, 1.807) is 0 Å². The Hall–Kier alpha value is 0.200. The van der Waals surface area contributed by atoms with Crippen molar-refractivity contribution in [1.82, 2.24) is 5.32 Å². The number of halogens is 1. The fourth-order valence-electron chi connectivity index (χ4n) is 2.44. The van der Waals surface area contributed by atoms with Gasteiger partial charge in [0.05, 0.1) is 5.41 Å². The molecule has 2 atom stereocenters. The van der Waals surface area contributed by atoms with E-state index in [0.717, 1.165) is 29.7 Å². The molecule has 2 rings (SSSR count). The molecule has 1 saturated heterocycles. The second-order valence-corrected chi connectivity index (χ2v) is 5.74. The van der Waals surface area contributed by atoms with Crippen molar-refractivity contribution in [2.75, 3.05) is 6.54 Å². The van der Waals surface area contributed by atoms with Gasteiger partial charge in [0.25, 0.3) is 0 Å². The van der Waals surface area contributed by atoms with E-state index in [9.17, 15) is 4.79 Å². The molecular weight excluding hydrogens is 265 g/mol. The molecule has 1 saturated carbocycles. The van der Waals surface area contributed by atoms with Crippen molar-refractivity contribution < 1.29 is 4.79 Å². The number of hydrogen-bond donors (Lipinski definition) is 1. The fraction of sp³-hybridized carbons (Fsp3) is 0.889. The van der Waals surface area contributed by atoms with Crippen molar-refractivity contribution in [2.24, 2.45) is 5.41 Å². The number of carbonyl (C=O) groups is 1. The third-order valence-corrected chi connectivity index (χ3v) is 4.22. The molecule has 1 spiro atoms. The maximum atomic E-state index is 11.6. The minimum absolute atomic E-state index is 0.0457. The van der Waals surface area contributed by atoms with Crippen molar-refractivity contribution in [3.63, 3.8) is 0 Å². The van der Waals surface area contributed by atoms with Gasteiger partial charge in [0, 0.05) is 10.5 Å². The number of rotatable bonds is 0. The lowest BCUT2D eigenvalue weighted by molar-refractivity contribution is -0.128. The highest BCUT2D eigenvalue weighted by Crippen LogP contribution is 2.44. The molecule has 2 fully saturated rings. The molecule has 1 N–H and O–H groups in total. The van der Waals surface area contributed by atoms with Gasteiger partial charge in [-0.1, -0.05) is 29.0 Å². The Morgan fingerprint density at radius 2 is 2.33 bits per heavy atom. The fourth-order valence-corrected chi connectivity index (χ4v) is 3.72. The first kappa shape index (κ1) is 8.78. The summed E-state index contributed by atoms with van der Waals surface area (Å²) in [7, 11) is 0. The molecule has 0 radical (unpaired) electrons. The first-order chi connectivity index (χ1) is 5.73. The molecule has 0 aromatic rings. The summed E-state index contributed by atoms with van der Waals surface area (Å²) in [6.45, 7) is 0.905. The molecule has 0 aromatic carbocycles. The second kappa shape index (κ2) is 3.16. The van der Waals surface area contributed by atoms with Gasteiger partial charge in [-0.2, -0.15) is 0 Å². The van der Waals surface area contributed by atoms with E-state index in [1.807, 2.05) is 0 Å². The van der Waals surface area contributed by atoms with Crippen LogP contribution in [0.25, 0.3) is 0 Å². The lowest BCUT2D eigenvalue weighted by Crippen LogP contribution is -2.36. The van der Waals surface area contributed by atoms with Crippen LogP contribution in [-0.4, -0.2) is 16.4 Å². The number of amides is 1. The third-order valence-electron chi connectivity index (χ3n) is 3.16. The lowest BCUT2D eigenvalue weighted by Gasteiger charge is -2.33. The SMILES string of the molecule is O=C1NCC[C@]12CCCC(I)C2. The van der Waals surface area contributed by atoms with Crippen LogP contribution in [0.15, 0.2) is 0 Å². The van der Waals surface area contributed by atoms with Crippen LogP contribution in [0.1, 0.15) is 32.1 Å². The van der Waals surface area contributed by atoms with Crippen molar-refractivity contribution in [3.05, 3.63) is 0 Å². The molecule has 2 aliphatic rings. The molecule has 1 heterocycles. The van der Waals surface area contributed by atoms with Crippen molar-refractivity contribution >= 4 is 28.5 Å². The van der Waals surface area contributed by atoms with E-state index in [-0.39, 0.29) is 5.41 Å². The minimum Gasteiger partial charge on any atom is -0.356 e. The van der Waals surface area contributed by atoms with Crippen LogP contribution in [0.4, 0.5) is 0 Å². The van der Waals surface area contributed by atoms with Gasteiger partial charge in [0.1, 0.15) is 0 Å². The van der Waals surface area contributed by atoms with Gasteiger partial charge in [-0.3, -0.25) is 4.79 Å². The molecule has 1 amide bonds. The number of nitrogens with one attached hydrogen (secondary N) is 1. The van der Waals surface area contributed by atoms with Gasteiger partial charge in [-0.25, -0.2) is 0 Å². The zero-order valence-electron chi connectivity index (χ0n) is 7.11. The zero-order valence-corrected chi connectivity index (χ0v) is 9.26. The maximum absolute atomic E-state index is 11.6. The Kier molecular flexibility index (Phi) is 2.31. The molecule has 68 valence electrons. The summed E-state index contributed by atoms with van der Waals surface area (Å²) >= 11 is 2.49. The lowest BCUT2D eigenvalue weighted by atomic mass is 9.73. The van der Waals surface area contributed by atoms with Gasteiger partial charge >= 0.3 is 0 Å². The van der Waals surface area contributed by atoms with E-state index in [2.05, 4.69) is 27.9 Å². The topological polar surface area (TPSA) is 29.1 Å². The van der Waals surface area contributed by atoms with Crippen LogP contribution in [0.5, 0.6) is 0 Å². The van der Waals surface area contributed by atoms with Crippen molar-refractivity contribution in [2.45, 2.75) is 36.0 Å². The van der Waals surface area contributed by atoms with Gasteiger partial charge in [0.15, 0.2) is 0 Å². The Bertz CT molecular complexity index is 207. The van der Waals surface area contributed by atoms with Crippen LogP contribution in [-0.2, 0) is 4.79 Å². The summed E-state index contributed by atoms with van der Waals surface area (Å²) in [5.41, 5.74) is 0.0457. The standard InChI is InChI=1S/C9H14INO/c10-7-2-1-3-9(6-7)4-5-11-8(9)12/h7H,1-6H2,(H,11,12)/t7?,9-/m0/s1. The highest BCUT2D eigenvalue weighted by molar-refractivity contribution is 14.1. The normalized spacial score (nSPS) is 41.8. The largest absolute Gasteiger partial charge is 0.356 e. The van der Waals surface area contributed by atoms with Crippen LogP contribution in [0.3, 0.4) is 0 Å². The van der Waals surface area contributed by atoms with E-state index >= 15 is 0 Å². The Labute approximate surface area is 86.6 Å². The summed E-state index contributed by atoms with van der Waals surface area (Å²) in [6, 6.07) is 0. The van der Waals surface area contributed by atoms with Crippen molar-refractivity contribution in [1.29, 1.82) is 0 Å². The zero-order chi connectivity index (χ0) is 8.60. The molecule has 3 heteroatoms. The average Bonchev–Trinajstić information content (AvgIpc) is 2.33. The van der Waals surface area contributed by atoms with E-state index in [1.165, 1.54) is 12.8 Å². The van der Waals surface area contributed by atoms with E-state index in [0.29, 0.717) is 5.91 Å². The molecule has 1 unspecified atom stereocenters. The number of hydrogen-bond acceptors (Lipinski definition) is 1. The number of alkyl halides is 1. The van der Waals surface area contributed by atoms with Crippen LogP contribution < -0.4 is 5.32 Å². The smallest absolute Gasteiger partial charge is 0.226 e. The Morgan fingerprint density at radius 1 is 1.50 bits per heavy atom. The summed E-state index contributed by atoms with van der Waals surface area (Å²) < 4.78 is 0.722. The third kappa shape index (κ3) is 1.36. The summed E-state index contributed by atoms with van der Waals surface area (Å²) in [4.78, 5) is 11.6. The van der Waals surface area contributed by atoms with Crippen molar-refractivity contribution in [3.8, 4) is 0 Å². The molecule has 1 aliphatic carbocycles. The van der Waals surface area contributed by atoms with Crippen LogP contribution in [0, 0.1) is 5.41 Å². The first-order valence-electron chi connectivity index (χ1n) is 4.65. The van der Waals surface area contributed by atoms with Crippen LogP contribution in [0.2, 0.25) is 0 Å². The molecule has 1 aliphatic heterocycles. The molecule has 12 heavy (non-hydrogen) atoms. The summed E-state index contributed by atoms with van der Waals surface area (Å²) in [5, 5.41) is 2.96. The van der Waals surface area contributed by atoms with Gasteiger partial charge < -0.3 is 5.32 Å². The molecule has 0 bridgehead atoms. The van der Waals surface area contributed by atoms with Gasteiger partial charge in [0.2, 0.25) is 5.91 Å². The minimum atomic E-state index is 0.0457. The predicted octanol–water partition coefficient (Wildman–Crippen LogP) is 1.87. The average molecular weight is 279 g/mol. The highest BCUT2D eigenvalue weighted by Gasteiger charge is 2.44. The predicted molar refractivity (Wildman–Crippen MR) is 56.3 cm³/mol. The van der Waals surface area contributed by atoms with Gasteiger partial charge in [-0.05, 0) is 25.7 Å². The molecule has 0 aromatic heterocycles. The monoisotopic (exact) mass is 279 g/mol. The first-order valence-corrected chi connectivity index (χ1v) is 5.90. The Balaban J connectivity index is 2.13. The summed E-state index contributed by atoms with van der Waals surface area (Å²) in [6.07, 6.45) is 5.85. The Morgan fingerprint density at radius 3 is 2.92 bits per heavy atom. The summed E-state index contributed by atoms with van der Waals surface area (Å²) in [5.74, 6) is 0.323. The molecule has 2 nitrogen and oxygen atoms in total. The highest BCUT2D eigenvalue weighted by atomic mass is 127.